The minimum absolute atomic E-state index is 0.00286. The van der Waals surface area contributed by atoms with E-state index in [2.05, 4.69) is 12.2 Å². The molecule has 1 aliphatic rings. The summed E-state index contributed by atoms with van der Waals surface area (Å²) in [5.74, 6) is -1.40. The molecule has 1 N–H and O–H groups in total. The lowest BCUT2D eigenvalue weighted by Gasteiger charge is -2.35. The van der Waals surface area contributed by atoms with Gasteiger partial charge in [-0.2, -0.15) is 0 Å². The Morgan fingerprint density at radius 1 is 1.29 bits per heavy atom. The molecule has 21 heavy (non-hydrogen) atoms. The summed E-state index contributed by atoms with van der Waals surface area (Å²) in [7, 11) is 1.66. The molecule has 1 unspecified atom stereocenters. The van der Waals surface area contributed by atoms with Gasteiger partial charge in [0.25, 0.3) is 0 Å². The summed E-state index contributed by atoms with van der Waals surface area (Å²) in [4.78, 5) is 0. The first-order valence-electron chi connectivity index (χ1n) is 7.81. The van der Waals surface area contributed by atoms with Crippen molar-refractivity contribution < 1.29 is 13.5 Å². The largest absolute Gasteiger partial charge is 0.496 e. The van der Waals surface area contributed by atoms with Crippen molar-refractivity contribution in [1.29, 1.82) is 0 Å². The Bertz CT molecular complexity index is 440. The van der Waals surface area contributed by atoms with Gasteiger partial charge in [-0.05, 0) is 37.8 Å². The van der Waals surface area contributed by atoms with Crippen molar-refractivity contribution >= 4 is 0 Å². The van der Waals surface area contributed by atoms with Crippen LogP contribution in [-0.4, -0.2) is 19.6 Å². The third-order valence-corrected chi connectivity index (χ3v) is 4.32. The lowest BCUT2D eigenvalue weighted by Crippen LogP contribution is -2.34. The van der Waals surface area contributed by atoms with Crippen LogP contribution in [0.2, 0.25) is 0 Å². The molecule has 0 radical (unpaired) electrons. The van der Waals surface area contributed by atoms with Crippen LogP contribution in [-0.2, 0) is 0 Å². The van der Waals surface area contributed by atoms with Gasteiger partial charge in [-0.1, -0.05) is 25.1 Å². The maximum Gasteiger partial charge on any atom is 0.248 e. The van der Waals surface area contributed by atoms with Crippen molar-refractivity contribution in [1.82, 2.24) is 5.32 Å². The second-order valence-corrected chi connectivity index (χ2v) is 5.87. The Morgan fingerprint density at radius 3 is 2.57 bits per heavy atom. The molecule has 0 aliphatic heterocycles. The first kappa shape index (κ1) is 16.2. The summed E-state index contributed by atoms with van der Waals surface area (Å²) in [5.41, 5.74) is 1.09. The molecular formula is C17H25F2NO. The van der Waals surface area contributed by atoms with Crippen molar-refractivity contribution in [2.45, 2.75) is 51.0 Å². The number of hydrogen-bond acceptors (Lipinski definition) is 2. The molecule has 4 heteroatoms. The van der Waals surface area contributed by atoms with Crippen LogP contribution < -0.4 is 10.1 Å². The van der Waals surface area contributed by atoms with E-state index in [1.54, 1.807) is 7.11 Å². The normalized spacial score (nSPS) is 20.2. The number of halogens is 2. The third kappa shape index (κ3) is 4.16. The molecule has 0 saturated heterocycles. The Morgan fingerprint density at radius 2 is 1.95 bits per heavy atom. The predicted molar refractivity (Wildman–Crippen MR) is 80.9 cm³/mol. The zero-order chi connectivity index (χ0) is 15.3. The fraction of sp³-hybridized carbons (Fsp3) is 0.647. The summed E-state index contributed by atoms with van der Waals surface area (Å²) in [6, 6.07) is 7.99. The third-order valence-electron chi connectivity index (χ3n) is 4.32. The summed E-state index contributed by atoms with van der Waals surface area (Å²) in [6.45, 7) is 3.00. The quantitative estimate of drug-likeness (QED) is 0.831. The topological polar surface area (TPSA) is 21.3 Å². The average Bonchev–Trinajstić information content (AvgIpc) is 2.49. The Labute approximate surface area is 125 Å². The van der Waals surface area contributed by atoms with Gasteiger partial charge in [-0.25, -0.2) is 8.78 Å². The van der Waals surface area contributed by atoms with E-state index in [4.69, 9.17) is 4.74 Å². The first-order valence-corrected chi connectivity index (χ1v) is 7.81. The van der Waals surface area contributed by atoms with E-state index in [0.717, 1.165) is 24.3 Å². The van der Waals surface area contributed by atoms with Gasteiger partial charge in [0.1, 0.15) is 5.75 Å². The van der Waals surface area contributed by atoms with E-state index in [-0.39, 0.29) is 24.8 Å². The van der Waals surface area contributed by atoms with Crippen molar-refractivity contribution in [3.8, 4) is 5.75 Å². The number of ether oxygens (including phenoxy) is 1. The van der Waals surface area contributed by atoms with E-state index in [1.165, 1.54) is 0 Å². The van der Waals surface area contributed by atoms with Gasteiger partial charge in [-0.15, -0.1) is 0 Å². The Kier molecular flexibility index (Phi) is 5.57. The van der Waals surface area contributed by atoms with Crippen LogP contribution in [0.15, 0.2) is 24.3 Å². The van der Waals surface area contributed by atoms with E-state index in [1.807, 2.05) is 24.3 Å². The Balaban J connectivity index is 2.18. The van der Waals surface area contributed by atoms with Crippen LogP contribution in [0.4, 0.5) is 8.78 Å². The molecule has 1 fully saturated rings. The molecule has 1 aromatic rings. The molecule has 0 heterocycles. The fourth-order valence-electron chi connectivity index (χ4n) is 3.15. The maximum atomic E-state index is 13.4. The maximum absolute atomic E-state index is 13.4. The molecule has 1 saturated carbocycles. The van der Waals surface area contributed by atoms with E-state index in [0.29, 0.717) is 12.8 Å². The van der Waals surface area contributed by atoms with Gasteiger partial charge in [-0.3, -0.25) is 0 Å². The molecular weight excluding hydrogens is 272 g/mol. The van der Waals surface area contributed by atoms with Crippen LogP contribution in [0, 0.1) is 5.92 Å². The van der Waals surface area contributed by atoms with Gasteiger partial charge < -0.3 is 10.1 Å². The number of para-hydroxylation sites is 1. The van der Waals surface area contributed by atoms with Crippen molar-refractivity contribution in [3.05, 3.63) is 29.8 Å². The molecule has 2 nitrogen and oxygen atoms in total. The van der Waals surface area contributed by atoms with Crippen LogP contribution in [0.1, 0.15) is 50.6 Å². The minimum atomic E-state index is -2.48. The molecule has 0 bridgehead atoms. The number of hydrogen-bond donors (Lipinski definition) is 1. The molecule has 0 aromatic heterocycles. The molecule has 1 aromatic carbocycles. The van der Waals surface area contributed by atoms with E-state index in [9.17, 15) is 8.78 Å². The van der Waals surface area contributed by atoms with Crippen molar-refractivity contribution in [2.75, 3.05) is 13.7 Å². The molecule has 1 aliphatic carbocycles. The number of alkyl halides is 2. The molecule has 2 rings (SSSR count). The van der Waals surface area contributed by atoms with E-state index >= 15 is 0 Å². The lowest BCUT2D eigenvalue weighted by atomic mass is 9.79. The van der Waals surface area contributed by atoms with Crippen LogP contribution in [0.25, 0.3) is 0 Å². The van der Waals surface area contributed by atoms with Crippen molar-refractivity contribution in [2.24, 2.45) is 5.92 Å². The highest BCUT2D eigenvalue weighted by atomic mass is 19.3. The summed E-state index contributed by atoms with van der Waals surface area (Å²) >= 11 is 0. The zero-order valence-electron chi connectivity index (χ0n) is 12.9. The van der Waals surface area contributed by atoms with Crippen molar-refractivity contribution in [3.63, 3.8) is 0 Å². The molecule has 0 amide bonds. The average molecular weight is 297 g/mol. The Hall–Kier alpha value is -1.16. The number of nitrogens with one attached hydrogen (secondary N) is 1. The lowest BCUT2D eigenvalue weighted by molar-refractivity contribution is -0.0498. The SMILES string of the molecule is CCCNC(c1ccccc1OC)C1CCC(F)(F)CC1. The van der Waals surface area contributed by atoms with E-state index < -0.39 is 5.92 Å². The number of rotatable bonds is 6. The monoisotopic (exact) mass is 297 g/mol. The highest BCUT2D eigenvalue weighted by Gasteiger charge is 2.38. The van der Waals surface area contributed by atoms with Crippen LogP contribution >= 0.6 is 0 Å². The highest BCUT2D eigenvalue weighted by molar-refractivity contribution is 5.36. The van der Waals surface area contributed by atoms with Gasteiger partial charge in [0.05, 0.1) is 7.11 Å². The molecule has 0 spiro atoms. The predicted octanol–water partition coefficient (Wildman–Crippen LogP) is 4.56. The smallest absolute Gasteiger partial charge is 0.248 e. The van der Waals surface area contributed by atoms with Gasteiger partial charge in [0.2, 0.25) is 5.92 Å². The van der Waals surface area contributed by atoms with Gasteiger partial charge >= 0.3 is 0 Å². The van der Waals surface area contributed by atoms with Gasteiger partial charge in [0.15, 0.2) is 0 Å². The standard InChI is InChI=1S/C17H25F2NO/c1-3-12-20-16(13-8-10-17(18,19)11-9-13)14-6-4-5-7-15(14)21-2/h4-7,13,16,20H,3,8-12H2,1-2H3. The zero-order valence-corrected chi connectivity index (χ0v) is 12.9. The molecule has 118 valence electrons. The summed E-state index contributed by atoms with van der Waals surface area (Å²) < 4.78 is 32.2. The number of methoxy groups -OCH3 is 1. The molecule has 1 atom stereocenters. The second kappa shape index (κ2) is 7.21. The van der Waals surface area contributed by atoms with Crippen LogP contribution in [0.5, 0.6) is 5.75 Å². The van der Waals surface area contributed by atoms with Gasteiger partial charge in [0, 0.05) is 24.4 Å². The number of benzene rings is 1. The highest BCUT2D eigenvalue weighted by Crippen LogP contribution is 2.42. The second-order valence-electron chi connectivity index (χ2n) is 5.87. The fourth-order valence-corrected chi connectivity index (χ4v) is 3.15. The van der Waals surface area contributed by atoms with Crippen LogP contribution in [0.3, 0.4) is 0 Å². The minimum Gasteiger partial charge on any atom is -0.496 e. The first-order chi connectivity index (χ1) is 10.1. The summed E-state index contributed by atoms with van der Waals surface area (Å²) in [5, 5.41) is 3.53. The summed E-state index contributed by atoms with van der Waals surface area (Å²) in [6.07, 6.45) is 2.14.